The van der Waals surface area contributed by atoms with Gasteiger partial charge in [0.05, 0.1) is 31.5 Å². The van der Waals surface area contributed by atoms with Crippen molar-refractivity contribution in [1.29, 1.82) is 0 Å². The van der Waals surface area contributed by atoms with Gasteiger partial charge in [-0.3, -0.25) is 4.79 Å². The van der Waals surface area contributed by atoms with Gasteiger partial charge in [-0.05, 0) is 49.0 Å². The number of ether oxygens (including phenoxy) is 3. The van der Waals surface area contributed by atoms with Crippen molar-refractivity contribution in [2.75, 3.05) is 20.3 Å². The van der Waals surface area contributed by atoms with E-state index in [1.807, 2.05) is 42.5 Å². The van der Waals surface area contributed by atoms with Gasteiger partial charge < -0.3 is 24.8 Å². The molecule has 1 heterocycles. The highest BCUT2D eigenvalue weighted by atomic mass is 32.1. The molecule has 38 heavy (non-hydrogen) atoms. The van der Waals surface area contributed by atoms with Gasteiger partial charge in [-0.2, -0.15) is 5.10 Å². The fourth-order valence-electron chi connectivity index (χ4n) is 4.19. The Hall–Kier alpha value is -4.44. The molecule has 0 unspecified atom stereocenters. The zero-order valence-corrected chi connectivity index (χ0v) is 22.1. The SMILES string of the molecule is CCOC(=O)C1=C(C)NC(=S)N[C@@H]1c1ccccc1OCC(=O)NN=Cc1c(OC)ccc2ccccc12. The van der Waals surface area contributed by atoms with Gasteiger partial charge in [0.1, 0.15) is 11.5 Å². The molecule has 0 saturated heterocycles. The number of carbonyl (C=O) groups is 2. The normalized spacial score (nSPS) is 15.1. The summed E-state index contributed by atoms with van der Waals surface area (Å²) in [5, 5.41) is 12.5. The second kappa shape index (κ2) is 12.2. The molecule has 4 rings (SSSR count). The van der Waals surface area contributed by atoms with Gasteiger partial charge in [0.2, 0.25) is 0 Å². The predicted molar refractivity (Wildman–Crippen MR) is 149 cm³/mol. The van der Waals surface area contributed by atoms with Crippen LogP contribution < -0.4 is 25.5 Å². The summed E-state index contributed by atoms with van der Waals surface area (Å²) in [6, 6.07) is 18.1. The van der Waals surface area contributed by atoms with E-state index in [9.17, 15) is 9.59 Å². The van der Waals surface area contributed by atoms with Crippen molar-refractivity contribution in [1.82, 2.24) is 16.1 Å². The third-order valence-corrected chi connectivity index (χ3v) is 6.11. The van der Waals surface area contributed by atoms with Gasteiger partial charge in [0.25, 0.3) is 5.91 Å². The van der Waals surface area contributed by atoms with Gasteiger partial charge in [-0.1, -0.05) is 48.5 Å². The average molecular weight is 533 g/mol. The standard InChI is InChI=1S/C28H28N4O5S/c1-4-36-27(34)25-17(2)30-28(38)31-26(25)20-11-7-8-12-23(20)37-16-24(33)32-29-15-21-19-10-6-5-9-18(19)13-14-22(21)35-3/h5-15,26H,4,16H2,1-3H3,(H,32,33)(H2,30,31,38)/t26-/m1/s1. The molecule has 3 aromatic carbocycles. The Morgan fingerprint density at radius 1 is 1.08 bits per heavy atom. The lowest BCUT2D eigenvalue weighted by molar-refractivity contribution is -0.139. The Morgan fingerprint density at radius 3 is 2.63 bits per heavy atom. The lowest BCUT2D eigenvalue weighted by atomic mass is 9.95. The molecule has 3 aromatic rings. The van der Waals surface area contributed by atoms with Crippen LogP contribution in [0.4, 0.5) is 0 Å². The summed E-state index contributed by atoms with van der Waals surface area (Å²) in [6.45, 7) is 3.43. The molecule has 0 aliphatic carbocycles. The fourth-order valence-corrected chi connectivity index (χ4v) is 4.46. The number of esters is 1. The summed E-state index contributed by atoms with van der Waals surface area (Å²) in [5.41, 5.74) is 4.85. The van der Waals surface area contributed by atoms with E-state index in [0.29, 0.717) is 33.4 Å². The highest BCUT2D eigenvalue weighted by Crippen LogP contribution is 2.33. The Kier molecular flexibility index (Phi) is 8.55. The number of allylic oxidation sites excluding steroid dienone is 1. The number of fused-ring (bicyclic) bond motifs is 1. The van der Waals surface area contributed by atoms with Crippen LogP contribution >= 0.6 is 12.2 Å². The molecule has 1 amide bonds. The predicted octanol–water partition coefficient (Wildman–Crippen LogP) is 3.73. The highest BCUT2D eigenvalue weighted by molar-refractivity contribution is 7.80. The summed E-state index contributed by atoms with van der Waals surface area (Å²) < 4.78 is 16.5. The van der Waals surface area contributed by atoms with E-state index >= 15 is 0 Å². The molecule has 0 aromatic heterocycles. The molecule has 9 nitrogen and oxygen atoms in total. The number of hydrogen-bond donors (Lipinski definition) is 3. The molecular formula is C28H28N4O5S. The number of hydrogen-bond acceptors (Lipinski definition) is 7. The van der Waals surface area contributed by atoms with E-state index in [1.54, 1.807) is 45.4 Å². The van der Waals surface area contributed by atoms with Crippen molar-refractivity contribution in [3.8, 4) is 11.5 Å². The topological polar surface area (TPSA) is 110 Å². The maximum absolute atomic E-state index is 12.7. The fraction of sp³-hybridized carbons (Fsp3) is 0.214. The minimum absolute atomic E-state index is 0.232. The first kappa shape index (κ1) is 26.6. The summed E-state index contributed by atoms with van der Waals surface area (Å²) in [7, 11) is 1.58. The Balaban J connectivity index is 1.48. The van der Waals surface area contributed by atoms with Crippen molar-refractivity contribution in [2.45, 2.75) is 19.9 Å². The molecule has 0 radical (unpaired) electrons. The molecule has 1 atom stereocenters. The monoisotopic (exact) mass is 532 g/mol. The van der Waals surface area contributed by atoms with Gasteiger partial charge in [-0.15, -0.1) is 0 Å². The third-order valence-electron chi connectivity index (χ3n) is 5.89. The van der Waals surface area contributed by atoms with Crippen molar-refractivity contribution >= 4 is 46.2 Å². The number of rotatable bonds is 9. The first-order valence-corrected chi connectivity index (χ1v) is 12.4. The molecule has 0 saturated carbocycles. The van der Waals surface area contributed by atoms with Crippen molar-refractivity contribution in [3.63, 3.8) is 0 Å². The minimum Gasteiger partial charge on any atom is -0.496 e. The van der Waals surface area contributed by atoms with Crippen LogP contribution in [0.15, 0.2) is 77.0 Å². The number of hydrazone groups is 1. The van der Waals surface area contributed by atoms with Gasteiger partial charge in [-0.25, -0.2) is 10.2 Å². The molecule has 0 spiro atoms. The van der Waals surface area contributed by atoms with Crippen molar-refractivity contribution < 1.29 is 23.8 Å². The smallest absolute Gasteiger partial charge is 0.338 e. The number of benzene rings is 3. The Labute approximate surface area is 225 Å². The maximum Gasteiger partial charge on any atom is 0.338 e. The van der Waals surface area contributed by atoms with Crippen LogP contribution in [0, 0.1) is 0 Å². The minimum atomic E-state index is -0.612. The van der Waals surface area contributed by atoms with Gasteiger partial charge >= 0.3 is 5.97 Å². The number of thiocarbonyl (C=S) groups is 1. The molecule has 1 aliphatic rings. The first-order chi connectivity index (χ1) is 18.4. The number of amides is 1. The number of para-hydroxylation sites is 1. The first-order valence-electron chi connectivity index (χ1n) is 12.0. The van der Waals surface area contributed by atoms with Crippen LogP contribution in [0.3, 0.4) is 0 Å². The number of methoxy groups -OCH3 is 1. The molecule has 0 bridgehead atoms. The van der Waals surface area contributed by atoms with Gasteiger partial charge in [0, 0.05) is 16.8 Å². The van der Waals surface area contributed by atoms with E-state index in [4.69, 9.17) is 26.4 Å². The van der Waals surface area contributed by atoms with E-state index < -0.39 is 17.9 Å². The van der Waals surface area contributed by atoms with E-state index in [2.05, 4.69) is 21.2 Å². The lowest BCUT2D eigenvalue weighted by Gasteiger charge is -2.30. The van der Waals surface area contributed by atoms with Crippen molar-refractivity contribution in [2.24, 2.45) is 5.10 Å². The van der Waals surface area contributed by atoms with E-state index in [0.717, 1.165) is 16.3 Å². The zero-order valence-electron chi connectivity index (χ0n) is 21.2. The molecular weight excluding hydrogens is 504 g/mol. The number of carbonyl (C=O) groups excluding carboxylic acids is 2. The maximum atomic E-state index is 12.7. The Morgan fingerprint density at radius 2 is 1.84 bits per heavy atom. The summed E-state index contributed by atoms with van der Waals surface area (Å²) >= 11 is 5.31. The Bertz CT molecular complexity index is 1440. The molecule has 0 fully saturated rings. The van der Waals surface area contributed by atoms with E-state index in [1.165, 1.54) is 0 Å². The second-order valence-electron chi connectivity index (χ2n) is 8.31. The quantitative estimate of drug-likeness (QED) is 0.166. The van der Waals surface area contributed by atoms with Gasteiger partial charge in [0.15, 0.2) is 11.7 Å². The summed E-state index contributed by atoms with van der Waals surface area (Å²) in [4.78, 5) is 25.3. The number of nitrogens with one attached hydrogen (secondary N) is 3. The van der Waals surface area contributed by atoms with Crippen molar-refractivity contribution in [3.05, 3.63) is 83.1 Å². The zero-order chi connectivity index (χ0) is 27.1. The van der Waals surface area contributed by atoms with Crippen LogP contribution in [0.5, 0.6) is 11.5 Å². The molecule has 1 aliphatic heterocycles. The van der Waals surface area contributed by atoms with Crippen LogP contribution in [-0.2, 0) is 14.3 Å². The highest BCUT2D eigenvalue weighted by Gasteiger charge is 2.32. The lowest BCUT2D eigenvalue weighted by Crippen LogP contribution is -2.45. The summed E-state index contributed by atoms with van der Waals surface area (Å²) in [5.74, 6) is 0.129. The van der Waals surface area contributed by atoms with Crippen LogP contribution in [0.1, 0.15) is 31.0 Å². The molecule has 196 valence electrons. The van der Waals surface area contributed by atoms with Crippen LogP contribution in [-0.4, -0.2) is 43.5 Å². The number of nitrogens with zero attached hydrogens (tertiary/aromatic N) is 1. The second-order valence-corrected chi connectivity index (χ2v) is 8.72. The van der Waals surface area contributed by atoms with Crippen LogP contribution in [0.2, 0.25) is 0 Å². The molecule has 3 N–H and O–H groups in total. The molecule has 10 heteroatoms. The summed E-state index contributed by atoms with van der Waals surface area (Å²) in [6.07, 6.45) is 1.55. The average Bonchev–Trinajstić information content (AvgIpc) is 2.91. The van der Waals surface area contributed by atoms with Crippen LogP contribution in [0.25, 0.3) is 10.8 Å². The van der Waals surface area contributed by atoms with E-state index in [-0.39, 0.29) is 13.2 Å². The third kappa shape index (κ3) is 5.92. The largest absolute Gasteiger partial charge is 0.496 e.